The molecular weight excluding hydrogens is 224 g/mol. The van der Waals surface area contributed by atoms with Crippen LogP contribution in [-0.2, 0) is 13.5 Å². The van der Waals surface area contributed by atoms with Crippen LogP contribution in [0.25, 0.3) is 11.1 Å². The summed E-state index contributed by atoms with van der Waals surface area (Å²) >= 11 is 0. The molecule has 0 saturated carbocycles. The topological polar surface area (TPSA) is 47.1 Å². The van der Waals surface area contributed by atoms with Crippen molar-refractivity contribution in [2.45, 2.75) is 19.5 Å². The molecule has 1 aliphatic rings. The predicted molar refractivity (Wildman–Crippen MR) is 73.3 cm³/mol. The second-order valence-corrected chi connectivity index (χ2v) is 4.93. The quantitative estimate of drug-likeness (QED) is 0.872. The Balaban J connectivity index is 1.98. The summed E-state index contributed by atoms with van der Waals surface area (Å²) in [5.41, 5.74) is 11.0. The largest absolute Gasteiger partial charge is 0.356 e. The van der Waals surface area contributed by atoms with Crippen LogP contribution >= 0.6 is 0 Å². The Hall–Kier alpha value is -1.81. The third-order valence-corrected chi connectivity index (χ3v) is 3.54. The predicted octanol–water partition coefficient (Wildman–Crippen LogP) is 1.75. The van der Waals surface area contributed by atoms with Crippen LogP contribution in [0.4, 0.5) is 5.69 Å². The number of fused-ring (bicyclic) bond motifs is 1. The molecule has 0 aliphatic carbocycles. The van der Waals surface area contributed by atoms with Crippen LogP contribution < -0.4 is 10.6 Å². The molecule has 1 aromatic heterocycles. The number of nitrogens with two attached hydrogens (primary N) is 1. The highest BCUT2D eigenvalue weighted by atomic mass is 15.2. The maximum atomic E-state index is 5.98. The normalized spacial score (nSPS) is 15.8. The van der Waals surface area contributed by atoms with Crippen LogP contribution in [0, 0.1) is 0 Å². The highest BCUT2D eigenvalue weighted by molar-refractivity contribution is 5.70. The zero-order valence-corrected chi connectivity index (χ0v) is 10.8. The van der Waals surface area contributed by atoms with Crippen LogP contribution in [0.5, 0.6) is 0 Å². The minimum Gasteiger partial charge on any atom is -0.356 e. The van der Waals surface area contributed by atoms with Crippen LogP contribution in [0.15, 0.2) is 30.6 Å². The van der Waals surface area contributed by atoms with E-state index in [1.54, 1.807) is 0 Å². The van der Waals surface area contributed by atoms with Crippen molar-refractivity contribution < 1.29 is 0 Å². The Morgan fingerprint density at radius 2 is 2.17 bits per heavy atom. The molecule has 4 nitrogen and oxygen atoms in total. The SMILES string of the molecule is CC(N)N1CCc2cc(-c3cnn(C)c3)ccc21. The van der Waals surface area contributed by atoms with E-state index in [1.807, 2.05) is 31.0 Å². The van der Waals surface area contributed by atoms with Gasteiger partial charge in [-0.15, -0.1) is 0 Å². The van der Waals surface area contributed by atoms with Crippen LogP contribution in [0.1, 0.15) is 12.5 Å². The first-order valence-electron chi connectivity index (χ1n) is 6.29. The molecule has 0 radical (unpaired) electrons. The molecule has 2 N–H and O–H groups in total. The van der Waals surface area contributed by atoms with Gasteiger partial charge in [-0.25, -0.2) is 0 Å². The third kappa shape index (κ3) is 1.78. The highest BCUT2D eigenvalue weighted by Gasteiger charge is 2.21. The van der Waals surface area contributed by atoms with Crippen molar-refractivity contribution in [2.24, 2.45) is 12.8 Å². The maximum absolute atomic E-state index is 5.98. The molecule has 1 atom stereocenters. The molecule has 18 heavy (non-hydrogen) atoms. The standard InChI is InChI=1S/C14H18N4/c1-10(15)18-6-5-12-7-11(3-4-14(12)18)13-8-16-17(2)9-13/h3-4,7-10H,5-6,15H2,1-2H3. The van der Waals surface area contributed by atoms with E-state index in [-0.39, 0.29) is 6.17 Å². The van der Waals surface area contributed by atoms with Gasteiger partial charge in [0.15, 0.2) is 0 Å². The summed E-state index contributed by atoms with van der Waals surface area (Å²) in [7, 11) is 1.94. The average molecular weight is 242 g/mol. The van der Waals surface area contributed by atoms with Gasteiger partial charge in [0, 0.05) is 31.0 Å². The van der Waals surface area contributed by atoms with Gasteiger partial charge in [0.2, 0.25) is 0 Å². The van der Waals surface area contributed by atoms with Gasteiger partial charge in [-0.3, -0.25) is 4.68 Å². The molecule has 1 aliphatic heterocycles. The molecule has 4 heteroatoms. The molecule has 1 aromatic carbocycles. The van der Waals surface area contributed by atoms with Gasteiger partial charge in [0.05, 0.1) is 12.4 Å². The van der Waals surface area contributed by atoms with Crippen LogP contribution in [0.3, 0.4) is 0 Å². The lowest BCUT2D eigenvalue weighted by Crippen LogP contribution is -2.38. The van der Waals surface area contributed by atoms with Crippen molar-refractivity contribution in [1.82, 2.24) is 9.78 Å². The summed E-state index contributed by atoms with van der Waals surface area (Å²) in [6.45, 7) is 3.05. The minimum atomic E-state index is 0.0792. The summed E-state index contributed by atoms with van der Waals surface area (Å²) in [6.07, 6.45) is 5.10. The Kier molecular flexibility index (Phi) is 2.59. The lowest BCUT2D eigenvalue weighted by molar-refractivity contribution is 0.682. The van der Waals surface area contributed by atoms with Crippen molar-refractivity contribution in [2.75, 3.05) is 11.4 Å². The van der Waals surface area contributed by atoms with E-state index in [0.717, 1.165) is 13.0 Å². The van der Waals surface area contributed by atoms with Crippen LogP contribution in [0.2, 0.25) is 0 Å². The Bertz CT molecular complexity index is 571. The van der Waals surface area contributed by atoms with Gasteiger partial charge >= 0.3 is 0 Å². The molecule has 2 heterocycles. The Morgan fingerprint density at radius 1 is 1.33 bits per heavy atom. The van der Waals surface area contributed by atoms with Gasteiger partial charge in [0.25, 0.3) is 0 Å². The summed E-state index contributed by atoms with van der Waals surface area (Å²) < 4.78 is 1.83. The molecule has 0 spiro atoms. The second kappa shape index (κ2) is 4.14. The fourth-order valence-corrected chi connectivity index (χ4v) is 2.60. The first-order valence-corrected chi connectivity index (χ1v) is 6.29. The van der Waals surface area contributed by atoms with Crippen molar-refractivity contribution in [1.29, 1.82) is 0 Å². The lowest BCUT2D eigenvalue weighted by Gasteiger charge is -2.23. The van der Waals surface area contributed by atoms with Gasteiger partial charge in [-0.2, -0.15) is 5.10 Å². The van der Waals surface area contributed by atoms with Gasteiger partial charge in [-0.1, -0.05) is 6.07 Å². The van der Waals surface area contributed by atoms with E-state index in [9.17, 15) is 0 Å². The number of benzene rings is 1. The second-order valence-electron chi connectivity index (χ2n) is 4.93. The maximum Gasteiger partial charge on any atom is 0.0742 e. The molecule has 2 aromatic rings. The highest BCUT2D eigenvalue weighted by Crippen LogP contribution is 2.32. The lowest BCUT2D eigenvalue weighted by atomic mass is 10.0. The molecular formula is C14H18N4. The molecule has 0 bridgehead atoms. The van der Waals surface area contributed by atoms with E-state index in [4.69, 9.17) is 5.73 Å². The summed E-state index contributed by atoms with van der Waals surface area (Å²) in [5.74, 6) is 0. The molecule has 0 fully saturated rings. The zero-order chi connectivity index (χ0) is 12.7. The average Bonchev–Trinajstić information content (AvgIpc) is 2.93. The van der Waals surface area contributed by atoms with Crippen molar-refractivity contribution in [3.8, 4) is 11.1 Å². The van der Waals surface area contributed by atoms with Crippen molar-refractivity contribution >= 4 is 5.69 Å². The number of hydrogen-bond donors (Lipinski definition) is 1. The number of aryl methyl sites for hydroxylation is 1. The van der Waals surface area contributed by atoms with Gasteiger partial charge in [0.1, 0.15) is 0 Å². The van der Waals surface area contributed by atoms with Crippen LogP contribution in [-0.4, -0.2) is 22.5 Å². The molecule has 0 saturated heterocycles. The van der Waals surface area contributed by atoms with E-state index >= 15 is 0 Å². The smallest absolute Gasteiger partial charge is 0.0742 e. The fraction of sp³-hybridized carbons (Fsp3) is 0.357. The molecule has 94 valence electrons. The number of aromatic nitrogens is 2. The number of anilines is 1. The Labute approximate surface area is 107 Å². The van der Waals surface area contributed by atoms with Gasteiger partial charge < -0.3 is 10.6 Å². The fourth-order valence-electron chi connectivity index (χ4n) is 2.60. The summed E-state index contributed by atoms with van der Waals surface area (Å²) in [6, 6.07) is 6.58. The van der Waals surface area contributed by atoms with Crippen molar-refractivity contribution in [3.05, 3.63) is 36.2 Å². The van der Waals surface area contributed by atoms with Gasteiger partial charge in [-0.05, 0) is 36.6 Å². The molecule has 0 amide bonds. The molecule has 1 unspecified atom stereocenters. The summed E-state index contributed by atoms with van der Waals surface area (Å²) in [4.78, 5) is 2.25. The number of nitrogens with zero attached hydrogens (tertiary/aromatic N) is 3. The monoisotopic (exact) mass is 242 g/mol. The number of hydrogen-bond acceptors (Lipinski definition) is 3. The van der Waals surface area contributed by atoms with E-state index in [1.165, 1.54) is 22.4 Å². The zero-order valence-electron chi connectivity index (χ0n) is 10.8. The first kappa shape index (κ1) is 11.3. The minimum absolute atomic E-state index is 0.0792. The summed E-state index contributed by atoms with van der Waals surface area (Å²) in [5, 5.41) is 4.22. The van der Waals surface area contributed by atoms with E-state index < -0.39 is 0 Å². The number of rotatable bonds is 2. The third-order valence-electron chi connectivity index (χ3n) is 3.54. The van der Waals surface area contributed by atoms with Crippen molar-refractivity contribution in [3.63, 3.8) is 0 Å². The first-order chi connectivity index (χ1) is 8.65. The Morgan fingerprint density at radius 3 is 2.83 bits per heavy atom. The van der Waals surface area contributed by atoms with E-state index in [0.29, 0.717) is 0 Å². The van der Waals surface area contributed by atoms with E-state index in [2.05, 4.69) is 28.2 Å². The molecule has 3 rings (SSSR count).